The van der Waals surface area contributed by atoms with Crippen LogP contribution in [0, 0.1) is 17.1 Å². The number of nitriles is 1. The molecule has 1 heterocycles. The second kappa shape index (κ2) is 11.3. The molecule has 3 aromatic rings. The molecule has 0 radical (unpaired) electrons. The molecule has 0 aromatic heterocycles. The summed E-state index contributed by atoms with van der Waals surface area (Å²) in [5, 5.41) is 29.9. The average molecular weight is 510 g/mol. The minimum atomic E-state index is -1.12. The van der Waals surface area contributed by atoms with E-state index in [2.05, 4.69) is 15.9 Å². The lowest BCUT2D eigenvalue weighted by Crippen LogP contribution is -2.52. The van der Waals surface area contributed by atoms with Crippen LogP contribution in [0.2, 0.25) is 5.02 Å². The summed E-state index contributed by atoms with van der Waals surface area (Å²) >= 11 is 6.65. The number of β-amino-alcohol motifs (C(OH)–C–C–N with tert-alkyl or cyclic N) is 1. The maximum absolute atomic E-state index is 13.7. The van der Waals surface area contributed by atoms with Crippen molar-refractivity contribution < 1.29 is 19.3 Å². The Kier molecular flexibility index (Phi) is 8.12. The lowest BCUT2D eigenvalue weighted by atomic mass is 9.93. The summed E-state index contributed by atoms with van der Waals surface area (Å²) in [5.74, 6) is 0.276. The quantitative estimate of drug-likeness (QED) is 0.465. The van der Waals surface area contributed by atoms with Crippen LogP contribution in [-0.2, 0) is 5.60 Å². The highest BCUT2D eigenvalue weighted by molar-refractivity contribution is 6.33. The van der Waals surface area contributed by atoms with E-state index in [-0.39, 0.29) is 25.1 Å². The zero-order valence-electron chi connectivity index (χ0n) is 20.1. The van der Waals surface area contributed by atoms with Crippen molar-refractivity contribution in [2.75, 3.05) is 44.3 Å². The number of piperazine rings is 1. The standard InChI is InChI=1S/C28H29ClFN3O3/c1-28(35,22-6-2-20(17-31)3-7-22)19-32-12-13-33(27(18-32)21-4-8-23(30)9-5-21)26-11-10-24(16-25(26)29)36-15-14-34/h2-11,16,27,34-35H,12-15,18-19H2,1H3/t27-,28-/m0/s1. The number of hydrogen-bond acceptors (Lipinski definition) is 6. The number of anilines is 1. The zero-order chi connectivity index (χ0) is 25.7. The molecule has 8 heteroatoms. The van der Waals surface area contributed by atoms with Gasteiger partial charge in [-0.1, -0.05) is 35.9 Å². The van der Waals surface area contributed by atoms with Gasteiger partial charge in [0.2, 0.25) is 0 Å². The van der Waals surface area contributed by atoms with Crippen LogP contribution in [0.25, 0.3) is 0 Å². The zero-order valence-corrected chi connectivity index (χ0v) is 20.8. The number of aliphatic hydroxyl groups excluding tert-OH is 1. The Morgan fingerprint density at radius 3 is 2.47 bits per heavy atom. The first-order chi connectivity index (χ1) is 17.3. The average Bonchev–Trinajstić information content (AvgIpc) is 2.88. The SMILES string of the molecule is C[C@](O)(CN1CCN(c2ccc(OCCO)cc2Cl)[C@H](c2ccc(F)cc2)C1)c1ccc(C#N)cc1. The van der Waals surface area contributed by atoms with Crippen molar-refractivity contribution in [1.29, 1.82) is 5.26 Å². The van der Waals surface area contributed by atoms with Crippen LogP contribution >= 0.6 is 11.6 Å². The van der Waals surface area contributed by atoms with E-state index in [0.717, 1.165) is 16.8 Å². The second-order valence-electron chi connectivity index (χ2n) is 9.14. The van der Waals surface area contributed by atoms with Gasteiger partial charge in [-0.15, -0.1) is 0 Å². The predicted octanol–water partition coefficient (Wildman–Crippen LogP) is 4.49. The van der Waals surface area contributed by atoms with E-state index in [4.69, 9.17) is 26.7 Å². The lowest BCUT2D eigenvalue weighted by Gasteiger charge is -2.45. The van der Waals surface area contributed by atoms with E-state index in [1.807, 2.05) is 12.1 Å². The monoisotopic (exact) mass is 509 g/mol. The van der Waals surface area contributed by atoms with Crippen LogP contribution in [0.5, 0.6) is 5.75 Å². The first-order valence-corrected chi connectivity index (χ1v) is 12.2. The number of hydrogen-bond donors (Lipinski definition) is 2. The molecule has 4 rings (SSSR count). The minimum Gasteiger partial charge on any atom is -0.491 e. The van der Waals surface area contributed by atoms with Gasteiger partial charge in [0.15, 0.2) is 0 Å². The number of aliphatic hydroxyl groups is 2. The molecule has 0 unspecified atom stereocenters. The van der Waals surface area contributed by atoms with E-state index < -0.39 is 5.60 Å². The van der Waals surface area contributed by atoms with Crippen LogP contribution in [-0.4, -0.2) is 54.5 Å². The van der Waals surface area contributed by atoms with Crippen molar-refractivity contribution in [3.63, 3.8) is 0 Å². The normalized spacial score (nSPS) is 17.9. The third kappa shape index (κ3) is 5.97. The molecule has 1 aliphatic heterocycles. The van der Waals surface area contributed by atoms with Crippen molar-refractivity contribution >= 4 is 17.3 Å². The molecule has 0 amide bonds. The van der Waals surface area contributed by atoms with Crippen LogP contribution in [0.15, 0.2) is 66.7 Å². The maximum Gasteiger partial charge on any atom is 0.123 e. The fourth-order valence-electron chi connectivity index (χ4n) is 4.65. The van der Waals surface area contributed by atoms with Crippen molar-refractivity contribution in [3.05, 3.63) is 94.3 Å². The fourth-order valence-corrected chi connectivity index (χ4v) is 4.93. The van der Waals surface area contributed by atoms with Crippen molar-refractivity contribution in [1.82, 2.24) is 4.90 Å². The topological polar surface area (TPSA) is 80.0 Å². The van der Waals surface area contributed by atoms with Gasteiger partial charge in [-0.05, 0) is 54.4 Å². The minimum absolute atomic E-state index is 0.0831. The Labute approximate surface area is 215 Å². The molecule has 188 valence electrons. The van der Waals surface area contributed by atoms with Crippen molar-refractivity contribution in [3.8, 4) is 11.8 Å². The molecule has 2 N–H and O–H groups in total. The van der Waals surface area contributed by atoms with E-state index in [0.29, 0.717) is 42.5 Å². The van der Waals surface area contributed by atoms with Crippen molar-refractivity contribution in [2.45, 2.75) is 18.6 Å². The van der Waals surface area contributed by atoms with E-state index in [1.165, 1.54) is 12.1 Å². The second-order valence-corrected chi connectivity index (χ2v) is 9.55. The summed E-state index contributed by atoms with van der Waals surface area (Å²) in [5.41, 5.74) is 1.94. The van der Waals surface area contributed by atoms with Gasteiger partial charge in [-0.2, -0.15) is 5.26 Å². The summed E-state index contributed by atoms with van der Waals surface area (Å²) in [6.07, 6.45) is 0. The van der Waals surface area contributed by atoms with Crippen LogP contribution in [0.1, 0.15) is 29.7 Å². The van der Waals surface area contributed by atoms with Gasteiger partial charge in [0.05, 0.1) is 40.6 Å². The van der Waals surface area contributed by atoms with Gasteiger partial charge >= 0.3 is 0 Å². The maximum atomic E-state index is 13.7. The Bertz CT molecular complexity index is 1210. The van der Waals surface area contributed by atoms with Crippen LogP contribution < -0.4 is 9.64 Å². The highest BCUT2D eigenvalue weighted by Gasteiger charge is 2.34. The van der Waals surface area contributed by atoms with E-state index in [1.54, 1.807) is 49.4 Å². The van der Waals surface area contributed by atoms with Gasteiger partial charge in [-0.3, -0.25) is 4.90 Å². The highest BCUT2D eigenvalue weighted by Crippen LogP contribution is 2.38. The third-order valence-electron chi connectivity index (χ3n) is 6.48. The Hall–Kier alpha value is -3.15. The summed E-state index contributed by atoms with van der Waals surface area (Å²) in [6, 6.07) is 20.9. The fraction of sp³-hybridized carbons (Fsp3) is 0.321. The molecule has 2 atom stereocenters. The Balaban J connectivity index is 1.58. The smallest absolute Gasteiger partial charge is 0.123 e. The summed E-state index contributed by atoms with van der Waals surface area (Å²) in [4.78, 5) is 4.38. The first kappa shape index (κ1) is 25.9. The molecule has 1 aliphatic rings. The summed E-state index contributed by atoms with van der Waals surface area (Å²) < 4.78 is 19.2. The largest absolute Gasteiger partial charge is 0.491 e. The molecule has 0 spiro atoms. The van der Waals surface area contributed by atoms with Gasteiger partial charge in [0.1, 0.15) is 18.2 Å². The number of halogens is 2. The third-order valence-corrected chi connectivity index (χ3v) is 6.78. The molecular formula is C28H29ClFN3O3. The molecule has 0 aliphatic carbocycles. The first-order valence-electron chi connectivity index (χ1n) is 11.8. The van der Waals surface area contributed by atoms with Gasteiger partial charge in [-0.25, -0.2) is 4.39 Å². The molecular weight excluding hydrogens is 481 g/mol. The Morgan fingerprint density at radius 1 is 1.11 bits per heavy atom. The number of rotatable bonds is 8. The van der Waals surface area contributed by atoms with E-state index >= 15 is 0 Å². The predicted molar refractivity (Wildman–Crippen MR) is 138 cm³/mol. The van der Waals surface area contributed by atoms with Gasteiger partial charge in [0, 0.05) is 32.2 Å². The molecule has 0 saturated carbocycles. The lowest BCUT2D eigenvalue weighted by molar-refractivity contribution is 0.0103. The highest BCUT2D eigenvalue weighted by atomic mass is 35.5. The van der Waals surface area contributed by atoms with Crippen molar-refractivity contribution in [2.24, 2.45) is 0 Å². The van der Waals surface area contributed by atoms with E-state index in [9.17, 15) is 9.50 Å². The van der Waals surface area contributed by atoms with Crippen LogP contribution in [0.3, 0.4) is 0 Å². The summed E-state index contributed by atoms with van der Waals surface area (Å²) in [6.45, 7) is 4.19. The number of ether oxygens (including phenoxy) is 1. The molecule has 6 nitrogen and oxygen atoms in total. The molecule has 3 aromatic carbocycles. The summed E-state index contributed by atoms with van der Waals surface area (Å²) in [7, 11) is 0. The number of benzene rings is 3. The molecule has 1 fully saturated rings. The molecule has 0 bridgehead atoms. The van der Waals surface area contributed by atoms with Crippen LogP contribution in [0.4, 0.5) is 10.1 Å². The van der Waals surface area contributed by atoms with Gasteiger partial charge < -0.3 is 19.8 Å². The molecule has 1 saturated heterocycles. The van der Waals surface area contributed by atoms with Gasteiger partial charge in [0.25, 0.3) is 0 Å². The molecule has 36 heavy (non-hydrogen) atoms. The number of nitrogens with zero attached hydrogens (tertiary/aromatic N) is 3. The Morgan fingerprint density at radius 2 is 1.83 bits per heavy atom.